The second-order valence-corrected chi connectivity index (χ2v) is 7.88. The summed E-state index contributed by atoms with van der Waals surface area (Å²) in [6.45, 7) is 4.15. The number of nitrogens with zero attached hydrogens (tertiary/aromatic N) is 4. The van der Waals surface area contributed by atoms with E-state index in [-0.39, 0.29) is 11.7 Å². The molecule has 4 aromatic rings. The number of anilines is 1. The summed E-state index contributed by atoms with van der Waals surface area (Å²) in [6, 6.07) is 15.7. The molecule has 0 N–H and O–H groups in total. The molecule has 8 heteroatoms. The summed E-state index contributed by atoms with van der Waals surface area (Å²) >= 11 is 1.43. The first kappa shape index (κ1) is 21.6. The van der Waals surface area contributed by atoms with E-state index in [1.807, 2.05) is 35.7 Å². The fraction of sp³-hybridized carbons (Fsp3) is 0.167. The number of carbonyl (C=O) groups excluding carboxylic acids is 1. The fourth-order valence-electron chi connectivity index (χ4n) is 3.14. The van der Waals surface area contributed by atoms with Gasteiger partial charge in [0.1, 0.15) is 5.82 Å². The average molecular weight is 449 g/mol. The number of thiazole rings is 1. The molecule has 32 heavy (non-hydrogen) atoms. The van der Waals surface area contributed by atoms with Crippen LogP contribution in [-0.2, 0) is 11.2 Å². The van der Waals surface area contributed by atoms with Crippen molar-refractivity contribution in [3.63, 3.8) is 0 Å². The number of hydrogen-bond acceptors (Lipinski definition) is 6. The molecule has 0 atom stereocenters. The van der Waals surface area contributed by atoms with Crippen molar-refractivity contribution >= 4 is 22.4 Å². The van der Waals surface area contributed by atoms with E-state index in [1.165, 1.54) is 23.5 Å². The van der Waals surface area contributed by atoms with E-state index in [1.54, 1.807) is 23.1 Å². The molecule has 0 aliphatic carbocycles. The Morgan fingerprint density at radius 3 is 2.62 bits per heavy atom. The van der Waals surface area contributed by atoms with Gasteiger partial charge in [0.25, 0.3) is 0 Å². The third-order valence-corrected chi connectivity index (χ3v) is 5.62. The van der Waals surface area contributed by atoms with Gasteiger partial charge in [-0.25, -0.2) is 9.37 Å². The van der Waals surface area contributed by atoms with Gasteiger partial charge in [-0.3, -0.25) is 9.69 Å². The first-order chi connectivity index (χ1) is 15.6. The molecule has 6 nitrogen and oxygen atoms in total. The van der Waals surface area contributed by atoms with E-state index in [4.69, 9.17) is 4.52 Å². The van der Waals surface area contributed by atoms with Crippen molar-refractivity contribution < 1.29 is 13.7 Å². The summed E-state index contributed by atoms with van der Waals surface area (Å²) in [5.41, 5.74) is 2.52. The van der Waals surface area contributed by atoms with Gasteiger partial charge in [0.2, 0.25) is 17.6 Å². The molecule has 1 amide bonds. The maximum absolute atomic E-state index is 13.1. The molecule has 2 aromatic heterocycles. The maximum Gasteiger partial charge on any atom is 0.229 e. The van der Waals surface area contributed by atoms with Crippen LogP contribution in [0.2, 0.25) is 0 Å². The molecule has 0 unspecified atom stereocenters. The lowest BCUT2D eigenvalue weighted by molar-refractivity contribution is -0.118. The second kappa shape index (κ2) is 10.1. The molecule has 2 heterocycles. The largest absolute Gasteiger partial charge is 0.339 e. The fourth-order valence-corrected chi connectivity index (χ4v) is 4.00. The van der Waals surface area contributed by atoms with Crippen molar-refractivity contribution in [2.75, 3.05) is 11.4 Å². The topological polar surface area (TPSA) is 72.1 Å². The van der Waals surface area contributed by atoms with Crippen molar-refractivity contribution in [3.05, 3.63) is 84.3 Å². The van der Waals surface area contributed by atoms with Crippen LogP contribution in [0.5, 0.6) is 0 Å². The predicted molar refractivity (Wildman–Crippen MR) is 123 cm³/mol. The van der Waals surface area contributed by atoms with Crippen molar-refractivity contribution in [2.24, 2.45) is 0 Å². The third-order valence-electron chi connectivity index (χ3n) is 4.76. The van der Waals surface area contributed by atoms with E-state index in [0.717, 1.165) is 11.3 Å². The lowest BCUT2D eigenvalue weighted by atomic mass is 10.2. The standard InChI is InChI=1S/C24H21FN4O2S/c1-2-15-29(24-26-20(16-32-24)17-7-4-3-5-8-17)22(30)10-6-9-21-27-23(28-31-21)18-11-13-19(25)14-12-18/h2-5,7-8,11-14,16H,1,6,9-10,15H2. The number of amides is 1. The highest BCUT2D eigenvalue weighted by atomic mass is 32.1. The first-order valence-corrected chi connectivity index (χ1v) is 11.0. The van der Waals surface area contributed by atoms with Gasteiger partial charge in [-0.05, 0) is 30.7 Å². The Bertz CT molecular complexity index is 1190. The number of aromatic nitrogens is 3. The molecule has 162 valence electrons. The molecule has 2 aromatic carbocycles. The van der Waals surface area contributed by atoms with Crippen molar-refractivity contribution in [2.45, 2.75) is 19.3 Å². The monoisotopic (exact) mass is 448 g/mol. The normalized spacial score (nSPS) is 10.8. The van der Waals surface area contributed by atoms with Gasteiger partial charge in [0.15, 0.2) is 5.13 Å². The summed E-state index contributed by atoms with van der Waals surface area (Å²) in [6.07, 6.45) is 3.01. The third kappa shape index (κ3) is 5.15. The highest BCUT2D eigenvalue weighted by Gasteiger charge is 2.19. The van der Waals surface area contributed by atoms with Crippen molar-refractivity contribution in [1.82, 2.24) is 15.1 Å². The maximum atomic E-state index is 13.1. The van der Waals surface area contributed by atoms with Crippen LogP contribution in [0.1, 0.15) is 18.7 Å². The highest BCUT2D eigenvalue weighted by Crippen LogP contribution is 2.28. The summed E-state index contributed by atoms with van der Waals surface area (Å²) in [7, 11) is 0. The minimum Gasteiger partial charge on any atom is -0.339 e. The van der Waals surface area contributed by atoms with Crippen LogP contribution in [0.3, 0.4) is 0 Å². The lowest BCUT2D eigenvalue weighted by Gasteiger charge is -2.17. The van der Waals surface area contributed by atoms with Crippen LogP contribution in [0.25, 0.3) is 22.6 Å². The Morgan fingerprint density at radius 1 is 1.09 bits per heavy atom. The summed E-state index contributed by atoms with van der Waals surface area (Å²) < 4.78 is 18.3. The molecular weight excluding hydrogens is 427 g/mol. The van der Waals surface area contributed by atoms with Crippen LogP contribution in [0.4, 0.5) is 9.52 Å². The summed E-state index contributed by atoms with van der Waals surface area (Å²) in [4.78, 5) is 23.5. The molecule has 0 aliphatic rings. The quantitative estimate of drug-likeness (QED) is 0.314. The first-order valence-electron chi connectivity index (χ1n) is 10.1. The highest BCUT2D eigenvalue weighted by molar-refractivity contribution is 7.14. The van der Waals surface area contributed by atoms with Crippen LogP contribution >= 0.6 is 11.3 Å². The van der Waals surface area contributed by atoms with Gasteiger partial charge < -0.3 is 4.52 Å². The Hall–Kier alpha value is -3.65. The molecule has 0 bridgehead atoms. The summed E-state index contributed by atoms with van der Waals surface area (Å²) in [5, 5.41) is 6.52. The van der Waals surface area contributed by atoms with Crippen LogP contribution in [0, 0.1) is 5.82 Å². The number of aryl methyl sites for hydroxylation is 1. The van der Waals surface area contributed by atoms with E-state index in [9.17, 15) is 9.18 Å². The Balaban J connectivity index is 1.36. The van der Waals surface area contributed by atoms with E-state index in [0.29, 0.717) is 48.2 Å². The van der Waals surface area contributed by atoms with E-state index < -0.39 is 0 Å². The lowest BCUT2D eigenvalue weighted by Crippen LogP contribution is -2.30. The minimum absolute atomic E-state index is 0.0443. The van der Waals surface area contributed by atoms with Crippen LogP contribution in [-0.4, -0.2) is 27.6 Å². The van der Waals surface area contributed by atoms with Crippen molar-refractivity contribution in [3.8, 4) is 22.6 Å². The number of carbonyl (C=O) groups is 1. The van der Waals surface area contributed by atoms with Gasteiger partial charge in [-0.2, -0.15) is 4.98 Å². The zero-order valence-corrected chi connectivity index (χ0v) is 18.1. The molecule has 0 saturated heterocycles. The molecule has 0 aliphatic heterocycles. The summed E-state index contributed by atoms with van der Waals surface area (Å²) in [5.74, 6) is 0.470. The minimum atomic E-state index is -0.323. The molecule has 4 rings (SSSR count). The van der Waals surface area contributed by atoms with Gasteiger partial charge in [-0.15, -0.1) is 17.9 Å². The SMILES string of the molecule is C=CCN(C(=O)CCCc1nc(-c2ccc(F)cc2)no1)c1nc(-c2ccccc2)cs1. The molecule has 0 fully saturated rings. The number of halogens is 1. The van der Waals surface area contributed by atoms with Gasteiger partial charge in [0, 0.05) is 35.9 Å². The Labute approximate surface area is 189 Å². The average Bonchev–Trinajstić information content (AvgIpc) is 3.49. The van der Waals surface area contributed by atoms with Crippen LogP contribution in [0.15, 0.2) is 77.2 Å². The second-order valence-electron chi connectivity index (χ2n) is 7.05. The smallest absolute Gasteiger partial charge is 0.229 e. The van der Waals surface area contributed by atoms with Crippen molar-refractivity contribution in [1.29, 1.82) is 0 Å². The molecule has 0 spiro atoms. The number of rotatable bonds is 9. The Kier molecular flexibility index (Phi) is 6.81. The molecule has 0 saturated carbocycles. The van der Waals surface area contributed by atoms with E-state index >= 15 is 0 Å². The van der Waals surface area contributed by atoms with Gasteiger partial charge in [0.05, 0.1) is 5.69 Å². The zero-order chi connectivity index (χ0) is 22.3. The molecular formula is C24H21FN4O2S. The number of benzene rings is 2. The van der Waals surface area contributed by atoms with E-state index in [2.05, 4.69) is 21.7 Å². The Morgan fingerprint density at radius 2 is 1.88 bits per heavy atom. The van der Waals surface area contributed by atoms with Crippen LogP contribution < -0.4 is 4.90 Å². The number of hydrogen-bond donors (Lipinski definition) is 0. The van der Waals surface area contributed by atoms with Gasteiger partial charge in [-0.1, -0.05) is 41.6 Å². The predicted octanol–water partition coefficient (Wildman–Crippen LogP) is 5.54. The zero-order valence-electron chi connectivity index (χ0n) is 17.3. The molecule has 0 radical (unpaired) electrons. The van der Waals surface area contributed by atoms with Gasteiger partial charge >= 0.3 is 0 Å².